The molecule has 0 saturated carbocycles. The van der Waals surface area contributed by atoms with Crippen LogP contribution < -0.4 is 5.32 Å². The maximum Gasteiger partial charge on any atom is 0.265 e. The van der Waals surface area contributed by atoms with Crippen LogP contribution in [0.4, 0.5) is 10.1 Å². The van der Waals surface area contributed by atoms with Crippen LogP contribution in [0.5, 0.6) is 0 Å². The molecule has 0 spiro atoms. The summed E-state index contributed by atoms with van der Waals surface area (Å²) in [5.41, 5.74) is 1.80. The summed E-state index contributed by atoms with van der Waals surface area (Å²) in [5.74, 6) is -0.269. The summed E-state index contributed by atoms with van der Waals surface area (Å²) in [6.45, 7) is 5.75. The van der Waals surface area contributed by atoms with E-state index in [1.165, 1.54) is 28.2 Å². The summed E-state index contributed by atoms with van der Waals surface area (Å²) in [4.78, 5) is 14.1. The lowest BCUT2D eigenvalue weighted by molar-refractivity contribution is 0.103. The van der Waals surface area contributed by atoms with E-state index in [0.717, 1.165) is 16.9 Å². The van der Waals surface area contributed by atoms with E-state index in [4.69, 9.17) is 0 Å². The van der Waals surface area contributed by atoms with Gasteiger partial charge >= 0.3 is 0 Å². The van der Waals surface area contributed by atoms with Crippen molar-refractivity contribution in [3.8, 4) is 5.69 Å². The molecule has 0 radical (unpaired) electrons. The quantitative estimate of drug-likeness (QED) is 0.787. The summed E-state index contributed by atoms with van der Waals surface area (Å²) in [7, 11) is 0. The summed E-state index contributed by atoms with van der Waals surface area (Å²) >= 11 is 1.40. The van der Waals surface area contributed by atoms with Crippen molar-refractivity contribution in [3.05, 3.63) is 51.2 Å². The number of carbonyl (C=O) groups is 1. The van der Waals surface area contributed by atoms with Gasteiger partial charge in [-0.05, 0) is 60.5 Å². The Morgan fingerprint density at radius 2 is 2.12 bits per heavy atom. The number of halogens is 1. The molecule has 8 heteroatoms. The number of benzene rings is 1. The van der Waals surface area contributed by atoms with Gasteiger partial charge in [0, 0.05) is 4.88 Å². The molecule has 3 rings (SSSR count). The highest BCUT2D eigenvalue weighted by Crippen LogP contribution is 2.25. The number of nitrogens with zero attached hydrogens (tertiary/aromatic N) is 4. The fourth-order valence-electron chi connectivity index (χ4n) is 2.38. The van der Waals surface area contributed by atoms with Crippen LogP contribution in [0.25, 0.3) is 5.69 Å². The van der Waals surface area contributed by atoms with Gasteiger partial charge in [-0.2, -0.15) is 4.68 Å². The molecule has 0 unspecified atom stereocenters. The molecule has 0 fully saturated rings. The normalized spacial score (nSPS) is 10.8. The standard InChI is InChI=1S/C16H16FN5OS/c1-4-11-7-15(24-9(11)2)16(23)18-14-8-12(5-6-13(14)17)22-10(3)19-20-21-22/h5-8H,4H2,1-3H3,(H,18,23). The number of hydrogen-bond acceptors (Lipinski definition) is 5. The Kier molecular flexibility index (Phi) is 4.39. The highest BCUT2D eigenvalue weighted by molar-refractivity contribution is 7.14. The molecule has 6 nitrogen and oxygen atoms in total. The number of rotatable bonds is 4. The molecule has 3 aromatic rings. The third-order valence-electron chi connectivity index (χ3n) is 3.69. The average molecular weight is 345 g/mol. The Hall–Kier alpha value is -2.61. The van der Waals surface area contributed by atoms with E-state index in [9.17, 15) is 9.18 Å². The molecule has 1 amide bonds. The number of anilines is 1. The summed E-state index contributed by atoms with van der Waals surface area (Å²) in [6.07, 6.45) is 0.859. The van der Waals surface area contributed by atoms with Crippen molar-refractivity contribution in [3.63, 3.8) is 0 Å². The van der Waals surface area contributed by atoms with E-state index >= 15 is 0 Å². The lowest BCUT2D eigenvalue weighted by atomic mass is 10.2. The lowest BCUT2D eigenvalue weighted by Crippen LogP contribution is -2.12. The van der Waals surface area contributed by atoms with Gasteiger partial charge in [0.15, 0.2) is 5.82 Å². The average Bonchev–Trinajstić information content (AvgIpc) is 3.15. The molecule has 0 aliphatic heterocycles. The van der Waals surface area contributed by atoms with Gasteiger partial charge in [0.1, 0.15) is 5.82 Å². The first-order valence-corrected chi connectivity index (χ1v) is 8.26. The SMILES string of the molecule is CCc1cc(C(=O)Nc2cc(-n3nnnc3C)ccc2F)sc1C. The second kappa shape index (κ2) is 6.48. The fraction of sp³-hybridized carbons (Fsp3) is 0.250. The number of amides is 1. The fourth-order valence-corrected chi connectivity index (χ4v) is 3.39. The summed E-state index contributed by atoms with van der Waals surface area (Å²) in [5, 5.41) is 13.8. The number of nitrogens with one attached hydrogen (secondary N) is 1. The molecule has 0 atom stereocenters. The van der Waals surface area contributed by atoms with E-state index in [1.807, 2.05) is 19.9 Å². The van der Waals surface area contributed by atoms with E-state index in [0.29, 0.717) is 16.4 Å². The molecular formula is C16H16FN5OS. The highest BCUT2D eigenvalue weighted by Gasteiger charge is 2.15. The van der Waals surface area contributed by atoms with Crippen LogP contribution in [0.15, 0.2) is 24.3 Å². The number of aryl methyl sites for hydroxylation is 3. The highest BCUT2D eigenvalue weighted by atomic mass is 32.1. The zero-order chi connectivity index (χ0) is 17.3. The van der Waals surface area contributed by atoms with Crippen LogP contribution in [0.2, 0.25) is 0 Å². The molecule has 0 saturated heterocycles. The monoisotopic (exact) mass is 345 g/mol. The molecule has 0 bridgehead atoms. The topological polar surface area (TPSA) is 72.7 Å². The van der Waals surface area contributed by atoms with Crippen molar-refractivity contribution in [2.75, 3.05) is 5.32 Å². The van der Waals surface area contributed by atoms with Crippen molar-refractivity contribution in [1.29, 1.82) is 0 Å². The van der Waals surface area contributed by atoms with Crippen LogP contribution in [-0.2, 0) is 6.42 Å². The second-order valence-corrected chi connectivity index (χ2v) is 6.56. The third kappa shape index (κ3) is 3.05. The Morgan fingerprint density at radius 3 is 2.75 bits per heavy atom. The number of hydrogen-bond donors (Lipinski definition) is 1. The van der Waals surface area contributed by atoms with Crippen LogP contribution in [0, 0.1) is 19.7 Å². The first-order chi connectivity index (χ1) is 11.5. The Balaban J connectivity index is 1.89. The van der Waals surface area contributed by atoms with Gasteiger partial charge in [-0.15, -0.1) is 16.4 Å². The predicted octanol–water partition coefficient (Wildman–Crippen LogP) is 3.29. The van der Waals surface area contributed by atoms with Crippen molar-refractivity contribution in [2.45, 2.75) is 27.2 Å². The van der Waals surface area contributed by atoms with Crippen molar-refractivity contribution >= 4 is 22.9 Å². The number of thiophene rings is 1. The van der Waals surface area contributed by atoms with Crippen molar-refractivity contribution in [2.24, 2.45) is 0 Å². The molecule has 0 aliphatic carbocycles. The molecule has 2 heterocycles. The van der Waals surface area contributed by atoms with E-state index in [2.05, 4.69) is 20.8 Å². The summed E-state index contributed by atoms with van der Waals surface area (Å²) < 4.78 is 15.5. The van der Waals surface area contributed by atoms with Crippen LogP contribution in [-0.4, -0.2) is 26.1 Å². The van der Waals surface area contributed by atoms with Crippen molar-refractivity contribution < 1.29 is 9.18 Å². The lowest BCUT2D eigenvalue weighted by Gasteiger charge is -2.08. The van der Waals surface area contributed by atoms with E-state index < -0.39 is 5.82 Å². The molecule has 2 aromatic heterocycles. The molecular weight excluding hydrogens is 329 g/mol. The molecule has 0 aliphatic rings. The first-order valence-electron chi connectivity index (χ1n) is 7.45. The van der Waals surface area contributed by atoms with Crippen molar-refractivity contribution in [1.82, 2.24) is 20.2 Å². The maximum absolute atomic E-state index is 14.1. The smallest absolute Gasteiger partial charge is 0.265 e. The minimum absolute atomic E-state index is 0.0940. The number of carbonyl (C=O) groups excluding carboxylic acids is 1. The zero-order valence-electron chi connectivity index (χ0n) is 13.5. The molecule has 124 valence electrons. The van der Waals surface area contributed by atoms with Gasteiger partial charge in [-0.1, -0.05) is 6.92 Å². The van der Waals surface area contributed by atoms with Crippen LogP contribution in [0.3, 0.4) is 0 Å². The third-order valence-corrected chi connectivity index (χ3v) is 4.78. The van der Waals surface area contributed by atoms with Gasteiger partial charge in [-0.25, -0.2) is 4.39 Å². The second-order valence-electron chi connectivity index (χ2n) is 5.30. The van der Waals surface area contributed by atoms with E-state index in [1.54, 1.807) is 13.0 Å². The maximum atomic E-state index is 14.1. The minimum Gasteiger partial charge on any atom is -0.319 e. The first kappa shape index (κ1) is 16.3. The molecule has 1 aromatic carbocycles. The Labute approximate surface area is 142 Å². The van der Waals surface area contributed by atoms with Crippen LogP contribution in [0.1, 0.15) is 32.9 Å². The largest absolute Gasteiger partial charge is 0.319 e. The zero-order valence-corrected chi connectivity index (χ0v) is 14.3. The Morgan fingerprint density at radius 1 is 1.33 bits per heavy atom. The van der Waals surface area contributed by atoms with Crippen LogP contribution >= 0.6 is 11.3 Å². The van der Waals surface area contributed by atoms with Gasteiger partial charge in [-0.3, -0.25) is 4.79 Å². The summed E-state index contributed by atoms with van der Waals surface area (Å²) in [6, 6.07) is 6.20. The number of aromatic nitrogens is 4. The minimum atomic E-state index is -0.512. The van der Waals surface area contributed by atoms with Gasteiger partial charge in [0.25, 0.3) is 5.91 Å². The molecule has 24 heavy (non-hydrogen) atoms. The Bertz CT molecular complexity index is 902. The van der Waals surface area contributed by atoms with Gasteiger partial charge in [0.05, 0.1) is 16.3 Å². The predicted molar refractivity (Wildman–Crippen MR) is 90.2 cm³/mol. The van der Waals surface area contributed by atoms with E-state index in [-0.39, 0.29) is 11.6 Å². The molecule has 1 N–H and O–H groups in total. The van der Waals surface area contributed by atoms with Gasteiger partial charge < -0.3 is 5.32 Å². The number of tetrazole rings is 1. The van der Waals surface area contributed by atoms with Gasteiger partial charge in [0.2, 0.25) is 0 Å².